The Hall–Kier alpha value is 0.150. The van der Waals surface area contributed by atoms with Crippen LogP contribution in [0.2, 0.25) is 0 Å². The third-order valence-electron chi connectivity index (χ3n) is 3.72. The zero-order valence-corrected chi connectivity index (χ0v) is 9.55. The third kappa shape index (κ3) is 1.70. The monoisotopic (exact) mass is 244 g/mol. The zero-order valence-electron chi connectivity index (χ0n) is 7.97. The van der Waals surface area contributed by atoms with E-state index in [2.05, 4.69) is 15.9 Å². The van der Waals surface area contributed by atoms with E-state index in [9.17, 15) is 4.79 Å². The van der Waals surface area contributed by atoms with Crippen LogP contribution in [0.15, 0.2) is 0 Å². The predicted molar refractivity (Wildman–Crippen MR) is 57.0 cm³/mol. The Kier molecular flexibility index (Phi) is 3.07. The van der Waals surface area contributed by atoms with E-state index >= 15 is 0 Å². The van der Waals surface area contributed by atoms with Crippen LogP contribution in [-0.4, -0.2) is 11.1 Å². The summed E-state index contributed by atoms with van der Waals surface area (Å²) >= 11 is 3.43. The maximum atomic E-state index is 11.6. The van der Waals surface area contributed by atoms with Crippen LogP contribution in [0, 0.1) is 17.8 Å². The second-order valence-corrected chi connectivity index (χ2v) is 5.19. The lowest BCUT2D eigenvalue weighted by atomic mass is 9.64. The van der Waals surface area contributed by atoms with Crippen molar-refractivity contribution in [3.05, 3.63) is 0 Å². The van der Waals surface area contributed by atoms with Crippen molar-refractivity contribution in [2.24, 2.45) is 17.8 Å². The van der Waals surface area contributed by atoms with Gasteiger partial charge >= 0.3 is 0 Å². The highest BCUT2D eigenvalue weighted by atomic mass is 79.9. The first-order valence-electron chi connectivity index (χ1n) is 5.44. The Balaban J connectivity index is 1.77. The summed E-state index contributed by atoms with van der Waals surface area (Å²) in [7, 11) is 0. The molecule has 1 nitrogen and oxygen atoms in total. The highest BCUT2D eigenvalue weighted by molar-refractivity contribution is 9.09. The van der Waals surface area contributed by atoms with E-state index in [-0.39, 0.29) is 0 Å². The van der Waals surface area contributed by atoms with Gasteiger partial charge in [0.25, 0.3) is 0 Å². The lowest BCUT2D eigenvalue weighted by Crippen LogP contribution is -2.44. The molecule has 0 aliphatic heterocycles. The normalized spacial score (nSPS) is 37.3. The molecule has 0 aromatic rings. The van der Waals surface area contributed by atoms with Gasteiger partial charge in [0.15, 0.2) is 0 Å². The number of carbonyl (C=O) groups is 1. The molecule has 0 bridgehead atoms. The number of alkyl halides is 1. The molecule has 0 aromatic heterocycles. The minimum Gasteiger partial charge on any atom is -0.299 e. The van der Waals surface area contributed by atoms with Gasteiger partial charge in [-0.05, 0) is 31.6 Å². The molecule has 0 radical (unpaired) electrons. The summed E-state index contributed by atoms with van der Waals surface area (Å²) in [5.74, 6) is 2.35. The van der Waals surface area contributed by atoms with Crippen LogP contribution in [0.5, 0.6) is 0 Å². The van der Waals surface area contributed by atoms with Crippen LogP contribution in [0.3, 0.4) is 0 Å². The average Bonchev–Trinajstić information content (AvgIpc) is 2.56. The molecule has 0 N–H and O–H groups in total. The Morgan fingerprint density at radius 1 is 1.31 bits per heavy atom. The SMILES string of the molecule is O=C1[C@H](CCCCBr)[C@H]2CCC[C@@H]12. The first kappa shape index (κ1) is 9.70. The van der Waals surface area contributed by atoms with Gasteiger partial charge in [0.2, 0.25) is 0 Å². The summed E-state index contributed by atoms with van der Waals surface area (Å²) in [4.78, 5) is 11.6. The van der Waals surface area contributed by atoms with Crippen molar-refractivity contribution < 1.29 is 4.79 Å². The van der Waals surface area contributed by atoms with Crippen molar-refractivity contribution in [1.29, 1.82) is 0 Å². The molecule has 13 heavy (non-hydrogen) atoms. The van der Waals surface area contributed by atoms with Crippen LogP contribution in [-0.2, 0) is 4.79 Å². The number of hydrogen-bond donors (Lipinski definition) is 0. The van der Waals surface area contributed by atoms with E-state index in [0.29, 0.717) is 17.6 Å². The second-order valence-electron chi connectivity index (χ2n) is 4.39. The highest BCUT2D eigenvalue weighted by Crippen LogP contribution is 2.50. The molecule has 0 aromatic carbocycles. The molecule has 3 atom stereocenters. The first-order chi connectivity index (χ1) is 6.34. The number of hydrogen-bond acceptors (Lipinski definition) is 1. The van der Waals surface area contributed by atoms with Gasteiger partial charge in [0.05, 0.1) is 0 Å². The minimum absolute atomic E-state index is 0.464. The summed E-state index contributed by atoms with van der Waals surface area (Å²) < 4.78 is 0. The molecule has 74 valence electrons. The number of rotatable bonds is 4. The Morgan fingerprint density at radius 3 is 2.92 bits per heavy atom. The molecule has 2 aliphatic carbocycles. The van der Waals surface area contributed by atoms with E-state index in [0.717, 1.165) is 17.7 Å². The third-order valence-corrected chi connectivity index (χ3v) is 4.28. The average molecular weight is 245 g/mol. The summed E-state index contributed by atoms with van der Waals surface area (Å²) in [5.41, 5.74) is 0. The lowest BCUT2D eigenvalue weighted by molar-refractivity contribution is -0.141. The van der Waals surface area contributed by atoms with Gasteiger partial charge in [-0.1, -0.05) is 28.8 Å². The maximum Gasteiger partial charge on any atom is 0.139 e. The molecule has 2 heteroatoms. The van der Waals surface area contributed by atoms with Crippen LogP contribution < -0.4 is 0 Å². The summed E-state index contributed by atoms with van der Waals surface area (Å²) in [6.07, 6.45) is 7.43. The molecule has 0 amide bonds. The molecule has 2 rings (SSSR count). The van der Waals surface area contributed by atoms with E-state index in [1.165, 1.54) is 32.1 Å². The quantitative estimate of drug-likeness (QED) is 0.549. The fourth-order valence-electron chi connectivity index (χ4n) is 3.01. The Bertz CT molecular complexity index is 202. The zero-order chi connectivity index (χ0) is 9.26. The van der Waals surface area contributed by atoms with Crippen LogP contribution >= 0.6 is 15.9 Å². The van der Waals surface area contributed by atoms with Crippen LogP contribution in [0.1, 0.15) is 38.5 Å². The number of halogens is 1. The predicted octanol–water partition coefficient (Wildman–Crippen LogP) is 3.17. The number of unbranched alkanes of at least 4 members (excludes halogenated alkanes) is 1. The molecule has 0 unspecified atom stereocenters. The van der Waals surface area contributed by atoms with Gasteiger partial charge in [0.1, 0.15) is 5.78 Å². The van der Waals surface area contributed by atoms with E-state index in [1.807, 2.05) is 0 Å². The van der Waals surface area contributed by atoms with E-state index < -0.39 is 0 Å². The molecule has 0 spiro atoms. The fourth-order valence-corrected chi connectivity index (χ4v) is 3.40. The molecule has 0 saturated heterocycles. The van der Waals surface area contributed by atoms with Crippen molar-refractivity contribution >= 4 is 21.7 Å². The van der Waals surface area contributed by atoms with Gasteiger partial charge in [-0.3, -0.25) is 4.79 Å². The standard InChI is InChI=1S/C11H17BrO/c12-7-2-1-4-9-8-5-3-6-10(8)11(9)13/h8-10H,1-7H2/t8-,9-,10-/m1/s1. The lowest BCUT2D eigenvalue weighted by Gasteiger charge is -2.38. The van der Waals surface area contributed by atoms with E-state index in [4.69, 9.17) is 0 Å². The fraction of sp³-hybridized carbons (Fsp3) is 0.909. The largest absolute Gasteiger partial charge is 0.299 e. The van der Waals surface area contributed by atoms with Gasteiger partial charge in [-0.2, -0.15) is 0 Å². The topological polar surface area (TPSA) is 17.1 Å². The van der Waals surface area contributed by atoms with Crippen molar-refractivity contribution in [3.8, 4) is 0 Å². The van der Waals surface area contributed by atoms with Crippen molar-refractivity contribution in [2.45, 2.75) is 38.5 Å². The van der Waals surface area contributed by atoms with Gasteiger partial charge < -0.3 is 0 Å². The minimum atomic E-state index is 0.464. The summed E-state index contributed by atoms with van der Waals surface area (Å²) in [6.45, 7) is 0. The summed E-state index contributed by atoms with van der Waals surface area (Å²) in [5, 5.41) is 1.09. The Morgan fingerprint density at radius 2 is 2.15 bits per heavy atom. The maximum absolute atomic E-state index is 11.6. The van der Waals surface area contributed by atoms with Crippen LogP contribution in [0.4, 0.5) is 0 Å². The number of carbonyl (C=O) groups excluding carboxylic acids is 1. The van der Waals surface area contributed by atoms with E-state index in [1.54, 1.807) is 0 Å². The molecule has 2 fully saturated rings. The molecular weight excluding hydrogens is 228 g/mol. The molecule has 0 heterocycles. The second kappa shape index (κ2) is 4.12. The van der Waals surface area contributed by atoms with Crippen molar-refractivity contribution in [1.82, 2.24) is 0 Å². The Labute approximate surface area is 88.4 Å². The number of ketones is 1. The van der Waals surface area contributed by atoms with Gasteiger partial charge in [0, 0.05) is 17.2 Å². The summed E-state index contributed by atoms with van der Waals surface area (Å²) in [6, 6.07) is 0. The molecule has 2 saturated carbocycles. The number of Topliss-reactive ketones (excluding diaryl/α,β-unsaturated/α-hetero) is 1. The molecule has 2 aliphatic rings. The highest BCUT2D eigenvalue weighted by Gasteiger charge is 2.50. The van der Waals surface area contributed by atoms with Gasteiger partial charge in [-0.15, -0.1) is 0 Å². The first-order valence-corrected chi connectivity index (χ1v) is 6.56. The van der Waals surface area contributed by atoms with Crippen LogP contribution in [0.25, 0.3) is 0 Å². The number of fused-ring (bicyclic) bond motifs is 1. The van der Waals surface area contributed by atoms with Crippen molar-refractivity contribution in [3.63, 3.8) is 0 Å². The van der Waals surface area contributed by atoms with Crippen molar-refractivity contribution in [2.75, 3.05) is 5.33 Å². The smallest absolute Gasteiger partial charge is 0.139 e. The molecular formula is C11H17BrO. The van der Waals surface area contributed by atoms with Gasteiger partial charge in [-0.25, -0.2) is 0 Å².